The van der Waals surface area contributed by atoms with Crippen molar-refractivity contribution in [3.8, 4) is 0 Å². The average Bonchev–Trinajstić information content (AvgIpc) is 2.37. The number of aliphatic hydroxyl groups excluding tert-OH is 2. The number of esters is 1. The SMILES string of the molecule is COC(=O)c1cc(C(O)C(O)CCS)c(Cl)cc1N. The number of benzene rings is 1. The molecule has 0 fully saturated rings. The van der Waals surface area contributed by atoms with Crippen molar-refractivity contribution >= 4 is 35.9 Å². The second-order valence-electron chi connectivity index (χ2n) is 3.98. The molecule has 4 N–H and O–H groups in total. The lowest BCUT2D eigenvalue weighted by Gasteiger charge is -2.19. The number of ether oxygens (including phenoxy) is 1. The number of halogens is 1. The lowest BCUT2D eigenvalue weighted by atomic mass is 9.99. The molecule has 0 radical (unpaired) electrons. The Morgan fingerprint density at radius 1 is 1.53 bits per heavy atom. The molecule has 2 unspecified atom stereocenters. The van der Waals surface area contributed by atoms with E-state index in [4.69, 9.17) is 17.3 Å². The molecule has 106 valence electrons. The van der Waals surface area contributed by atoms with Crippen molar-refractivity contribution in [3.63, 3.8) is 0 Å². The summed E-state index contributed by atoms with van der Waals surface area (Å²) < 4.78 is 4.58. The largest absolute Gasteiger partial charge is 0.465 e. The van der Waals surface area contributed by atoms with E-state index in [1.165, 1.54) is 19.2 Å². The van der Waals surface area contributed by atoms with Crippen molar-refractivity contribution in [3.05, 3.63) is 28.3 Å². The Morgan fingerprint density at radius 3 is 2.68 bits per heavy atom. The number of aliphatic hydroxyl groups is 2. The summed E-state index contributed by atoms with van der Waals surface area (Å²) in [5.41, 5.74) is 6.13. The third kappa shape index (κ3) is 3.76. The van der Waals surface area contributed by atoms with Crippen LogP contribution in [0.15, 0.2) is 12.1 Å². The van der Waals surface area contributed by atoms with Gasteiger partial charge < -0.3 is 20.7 Å². The fraction of sp³-hybridized carbons (Fsp3) is 0.417. The van der Waals surface area contributed by atoms with Crippen molar-refractivity contribution in [1.29, 1.82) is 0 Å². The van der Waals surface area contributed by atoms with Gasteiger partial charge in [-0.1, -0.05) is 11.6 Å². The van der Waals surface area contributed by atoms with Crippen LogP contribution in [0.25, 0.3) is 0 Å². The Hall–Kier alpha value is -0.950. The average molecular weight is 306 g/mol. The van der Waals surface area contributed by atoms with Gasteiger partial charge in [0.25, 0.3) is 0 Å². The highest BCUT2D eigenvalue weighted by atomic mass is 35.5. The molecular formula is C12H16ClNO4S. The molecule has 1 aromatic rings. The van der Waals surface area contributed by atoms with Gasteiger partial charge in [-0.25, -0.2) is 4.79 Å². The van der Waals surface area contributed by atoms with Crippen LogP contribution >= 0.6 is 24.2 Å². The van der Waals surface area contributed by atoms with Crippen molar-refractivity contribution < 1.29 is 19.7 Å². The minimum atomic E-state index is -1.22. The van der Waals surface area contributed by atoms with Crippen LogP contribution in [0.1, 0.15) is 28.4 Å². The number of anilines is 1. The Balaban J connectivity index is 3.17. The van der Waals surface area contributed by atoms with Gasteiger partial charge in [0, 0.05) is 16.3 Å². The number of methoxy groups -OCH3 is 1. The summed E-state index contributed by atoms with van der Waals surface area (Å²) in [6, 6.07) is 2.68. The predicted molar refractivity (Wildman–Crippen MR) is 76.6 cm³/mol. The maximum Gasteiger partial charge on any atom is 0.339 e. The third-order valence-corrected chi connectivity index (χ3v) is 3.27. The van der Waals surface area contributed by atoms with Crippen molar-refractivity contribution in [2.24, 2.45) is 0 Å². The molecule has 0 heterocycles. The van der Waals surface area contributed by atoms with Crippen LogP contribution in [0.2, 0.25) is 5.02 Å². The van der Waals surface area contributed by atoms with E-state index < -0.39 is 18.2 Å². The molecular weight excluding hydrogens is 290 g/mol. The van der Waals surface area contributed by atoms with Gasteiger partial charge in [0.15, 0.2) is 0 Å². The first-order chi connectivity index (χ1) is 8.92. The van der Waals surface area contributed by atoms with Gasteiger partial charge in [-0.15, -0.1) is 0 Å². The van der Waals surface area contributed by atoms with Crippen molar-refractivity contribution in [1.82, 2.24) is 0 Å². The summed E-state index contributed by atoms with van der Waals surface area (Å²) in [5, 5.41) is 19.9. The summed E-state index contributed by atoms with van der Waals surface area (Å²) >= 11 is 9.95. The minimum absolute atomic E-state index is 0.0963. The highest BCUT2D eigenvalue weighted by molar-refractivity contribution is 7.80. The van der Waals surface area contributed by atoms with Crippen LogP contribution in [0, 0.1) is 0 Å². The molecule has 2 atom stereocenters. The number of carbonyl (C=O) groups excluding carboxylic acids is 1. The van der Waals surface area contributed by atoms with E-state index >= 15 is 0 Å². The molecule has 5 nitrogen and oxygen atoms in total. The maximum absolute atomic E-state index is 11.5. The van der Waals surface area contributed by atoms with Crippen LogP contribution in [0.5, 0.6) is 0 Å². The Kier molecular flexibility index (Phi) is 5.93. The molecule has 7 heteroatoms. The quantitative estimate of drug-likeness (QED) is 0.375. The lowest BCUT2D eigenvalue weighted by Crippen LogP contribution is -2.20. The van der Waals surface area contributed by atoms with Gasteiger partial charge in [-0.2, -0.15) is 12.6 Å². The Morgan fingerprint density at radius 2 is 2.16 bits per heavy atom. The fourth-order valence-electron chi connectivity index (χ4n) is 1.62. The molecule has 0 aliphatic rings. The first-order valence-corrected chi connectivity index (χ1v) is 6.57. The van der Waals surface area contributed by atoms with E-state index in [1.807, 2.05) is 0 Å². The van der Waals surface area contributed by atoms with Gasteiger partial charge in [-0.3, -0.25) is 0 Å². The normalized spacial score (nSPS) is 13.9. The minimum Gasteiger partial charge on any atom is -0.465 e. The molecule has 0 saturated heterocycles. The van der Waals surface area contributed by atoms with Crippen LogP contribution < -0.4 is 5.73 Å². The highest BCUT2D eigenvalue weighted by Crippen LogP contribution is 2.31. The van der Waals surface area contributed by atoms with E-state index in [9.17, 15) is 15.0 Å². The third-order valence-electron chi connectivity index (χ3n) is 2.68. The summed E-state index contributed by atoms with van der Waals surface area (Å²) in [7, 11) is 1.22. The number of carbonyl (C=O) groups is 1. The first kappa shape index (κ1) is 16.1. The molecule has 19 heavy (non-hydrogen) atoms. The highest BCUT2D eigenvalue weighted by Gasteiger charge is 2.23. The first-order valence-electron chi connectivity index (χ1n) is 5.56. The number of nitrogen functional groups attached to an aromatic ring is 1. The van der Waals surface area contributed by atoms with Crippen LogP contribution in [-0.2, 0) is 4.74 Å². The van der Waals surface area contributed by atoms with Crippen molar-refractivity contribution in [2.45, 2.75) is 18.6 Å². The van der Waals surface area contributed by atoms with E-state index in [0.29, 0.717) is 12.2 Å². The van der Waals surface area contributed by atoms with Crippen molar-refractivity contribution in [2.75, 3.05) is 18.6 Å². The maximum atomic E-state index is 11.5. The van der Waals surface area contributed by atoms with E-state index in [-0.39, 0.29) is 21.8 Å². The zero-order valence-electron chi connectivity index (χ0n) is 10.3. The lowest BCUT2D eigenvalue weighted by molar-refractivity contribution is 0.0172. The van der Waals surface area contributed by atoms with E-state index in [0.717, 1.165) is 0 Å². The number of hydrogen-bond donors (Lipinski definition) is 4. The van der Waals surface area contributed by atoms with E-state index in [2.05, 4.69) is 17.4 Å². The molecule has 0 aliphatic heterocycles. The molecule has 0 aromatic heterocycles. The van der Waals surface area contributed by atoms with Crippen LogP contribution in [0.4, 0.5) is 5.69 Å². The predicted octanol–water partition coefficient (Wildman–Crippen LogP) is 1.42. The van der Waals surface area contributed by atoms with E-state index in [1.54, 1.807) is 0 Å². The monoisotopic (exact) mass is 305 g/mol. The second kappa shape index (κ2) is 7.00. The van der Waals surface area contributed by atoms with Gasteiger partial charge in [-0.05, 0) is 24.3 Å². The standard InChI is InChI=1S/C12H16ClNO4S/c1-18-12(17)7-4-6(8(13)5-9(7)14)11(16)10(15)2-3-19/h4-5,10-11,15-16,19H,2-3,14H2,1H3. The number of thiol groups is 1. The summed E-state index contributed by atoms with van der Waals surface area (Å²) in [6.45, 7) is 0. The topological polar surface area (TPSA) is 92.8 Å². The number of nitrogens with two attached hydrogens (primary N) is 1. The zero-order valence-corrected chi connectivity index (χ0v) is 12.0. The summed E-state index contributed by atoms with van der Waals surface area (Å²) in [5.74, 6) is -0.222. The number of hydrogen-bond acceptors (Lipinski definition) is 6. The Labute approximate surface area is 121 Å². The van der Waals surface area contributed by atoms with Gasteiger partial charge >= 0.3 is 5.97 Å². The molecule has 0 amide bonds. The molecule has 1 rings (SSSR count). The Bertz CT molecular complexity index is 469. The number of rotatable bonds is 5. The fourth-order valence-corrected chi connectivity index (χ4v) is 2.16. The van der Waals surface area contributed by atoms with Crippen LogP contribution in [-0.4, -0.2) is 35.1 Å². The van der Waals surface area contributed by atoms with Gasteiger partial charge in [0.1, 0.15) is 6.10 Å². The molecule has 0 bridgehead atoms. The molecule has 0 saturated carbocycles. The van der Waals surface area contributed by atoms with Crippen LogP contribution in [0.3, 0.4) is 0 Å². The molecule has 1 aromatic carbocycles. The zero-order chi connectivity index (χ0) is 14.6. The van der Waals surface area contributed by atoms with Gasteiger partial charge in [0.05, 0.1) is 18.8 Å². The molecule has 0 aliphatic carbocycles. The summed E-state index contributed by atoms with van der Waals surface area (Å²) in [4.78, 5) is 11.5. The van der Waals surface area contributed by atoms with Gasteiger partial charge in [0.2, 0.25) is 0 Å². The molecule has 0 spiro atoms. The summed E-state index contributed by atoms with van der Waals surface area (Å²) in [6.07, 6.45) is -1.95. The smallest absolute Gasteiger partial charge is 0.339 e. The second-order valence-corrected chi connectivity index (χ2v) is 4.83.